The number of thiophene rings is 1. The maximum absolute atomic E-state index is 2.50. The van der Waals surface area contributed by atoms with Crippen LogP contribution in [0.3, 0.4) is 0 Å². The SMILES string of the molecule is c1ccc(C2(c3ccccc3)c3ccccc3-c3ccc(N(c4ccc5sc6ccccc6c5c4)c4cc5ccccc5c5ccccc45)cc32)cc1. The van der Waals surface area contributed by atoms with Gasteiger partial charge in [-0.25, -0.2) is 0 Å². The maximum atomic E-state index is 2.50. The second-order valence-corrected chi connectivity index (χ2v) is 15.1. The van der Waals surface area contributed by atoms with Crippen LogP contribution >= 0.6 is 11.3 Å². The summed E-state index contributed by atoms with van der Waals surface area (Å²) in [5.41, 5.74) is 10.7. The van der Waals surface area contributed by atoms with Crippen LogP contribution in [0.5, 0.6) is 0 Å². The lowest BCUT2D eigenvalue weighted by Gasteiger charge is -2.35. The third-order valence-corrected chi connectivity index (χ3v) is 12.5. The molecule has 1 aromatic heterocycles. The molecule has 2 heteroatoms. The van der Waals surface area contributed by atoms with Crippen molar-refractivity contribution in [1.29, 1.82) is 0 Å². The first-order chi connectivity index (χ1) is 26.3. The molecule has 0 aliphatic heterocycles. The van der Waals surface area contributed by atoms with Gasteiger partial charge >= 0.3 is 0 Å². The Bertz CT molecular complexity index is 2970. The topological polar surface area (TPSA) is 3.24 Å². The molecule has 0 spiro atoms. The molecule has 9 aromatic carbocycles. The van der Waals surface area contributed by atoms with E-state index in [-0.39, 0.29) is 0 Å². The zero-order valence-electron chi connectivity index (χ0n) is 28.9. The largest absolute Gasteiger partial charge is 0.310 e. The van der Waals surface area contributed by atoms with Gasteiger partial charge in [0, 0.05) is 36.9 Å². The lowest BCUT2D eigenvalue weighted by Crippen LogP contribution is -2.28. The first kappa shape index (κ1) is 30.2. The van der Waals surface area contributed by atoms with Crippen molar-refractivity contribution in [3.8, 4) is 11.1 Å². The third-order valence-electron chi connectivity index (χ3n) is 11.3. The van der Waals surface area contributed by atoms with Gasteiger partial charge in [0.1, 0.15) is 0 Å². The highest BCUT2D eigenvalue weighted by molar-refractivity contribution is 7.25. The molecular weight excluding hydrogens is 659 g/mol. The lowest BCUT2D eigenvalue weighted by molar-refractivity contribution is 0.768. The number of hydrogen-bond donors (Lipinski definition) is 0. The zero-order valence-corrected chi connectivity index (χ0v) is 29.7. The van der Waals surface area contributed by atoms with E-state index in [1.807, 2.05) is 11.3 Å². The van der Waals surface area contributed by atoms with Crippen molar-refractivity contribution in [3.05, 3.63) is 222 Å². The van der Waals surface area contributed by atoms with E-state index < -0.39 is 5.41 Å². The van der Waals surface area contributed by atoms with E-state index in [2.05, 4.69) is 205 Å². The molecule has 0 atom stereocenters. The molecule has 1 nitrogen and oxygen atoms in total. The monoisotopic (exact) mass is 691 g/mol. The van der Waals surface area contributed by atoms with Gasteiger partial charge in [-0.15, -0.1) is 11.3 Å². The molecule has 1 aliphatic rings. The summed E-state index contributed by atoms with van der Waals surface area (Å²) in [7, 11) is 0. The molecule has 1 aliphatic carbocycles. The van der Waals surface area contributed by atoms with Crippen molar-refractivity contribution in [3.63, 3.8) is 0 Å². The highest BCUT2D eigenvalue weighted by Crippen LogP contribution is 2.57. The predicted molar refractivity (Wildman–Crippen MR) is 226 cm³/mol. The van der Waals surface area contributed by atoms with Gasteiger partial charge in [0.15, 0.2) is 0 Å². The Hall–Kier alpha value is -6.48. The lowest BCUT2D eigenvalue weighted by atomic mass is 9.67. The third kappa shape index (κ3) is 4.43. The van der Waals surface area contributed by atoms with Gasteiger partial charge in [-0.05, 0) is 92.0 Å². The predicted octanol–water partition coefficient (Wildman–Crippen LogP) is 14.2. The van der Waals surface area contributed by atoms with Gasteiger partial charge < -0.3 is 4.90 Å². The Morgan fingerprint density at radius 3 is 1.72 bits per heavy atom. The second-order valence-electron chi connectivity index (χ2n) is 14.0. The molecule has 0 saturated heterocycles. The molecule has 53 heavy (non-hydrogen) atoms. The molecular formula is C51H33NS. The van der Waals surface area contributed by atoms with Crippen LogP contribution in [0.15, 0.2) is 200 Å². The summed E-state index contributed by atoms with van der Waals surface area (Å²) in [5, 5.41) is 7.56. The van der Waals surface area contributed by atoms with E-state index in [1.54, 1.807) is 0 Å². The van der Waals surface area contributed by atoms with E-state index in [4.69, 9.17) is 0 Å². The van der Waals surface area contributed by atoms with E-state index >= 15 is 0 Å². The minimum atomic E-state index is -0.491. The first-order valence-electron chi connectivity index (χ1n) is 18.3. The van der Waals surface area contributed by atoms with Crippen molar-refractivity contribution in [2.75, 3.05) is 4.90 Å². The standard InChI is InChI=1S/C51H33NS/c1-3-16-35(17-4-1)51(36-18-5-2-6-19-36)46-25-13-11-22-41(46)42-29-27-38(33-47(42)51)52(37-28-30-50-45(32-37)44-24-12-14-26-49(44)53-50)48-31-34-15-7-8-20-39(34)40-21-9-10-23-43(40)48/h1-33H. The highest BCUT2D eigenvalue weighted by atomic mass is 32.1. The molecule has 0 amide bonds. The number of benzene rings is 9. The average molecular weight is 692 g/mol. The molecule has 10 aromatic rings. The number of hydrogen-bond acceptors (Lipinski definition) is 2. The van der Waals surface area contributed by atoms with Crippen LogP contribution in [0.1, 0.15) is 22.3 Å². The fraction of sp³-hybridized carbons (Fsp3) is 0.0196. The summed E-state index contributed by atoms with van der Waals surface area (Å²) in [6, 6.07) is 74.2. The Morgan fingerprint density at radius 2 is 0.925 bits per heavy atom. The van der Waals surface area contributed by atoms with Gasteiger partial charge in [0.2, 0.25) is 0 Å². The Kier molecular flexibility index (Phi) is 6.71. The molecule has 11 rings (SSSR count). The van der Waals surface area contributed by atoms with Gasteiger partial charge in [0.25, 0.3) is 0 Å². The van der Waals surface area contributed by atoms with E-state index in [0.29, 0.717) is 0 Å². The van der Waals surface area contributed by atoms with Crippen LogP contribution in [-0.2, 0) is 5.41 Å². The molecule has 0 N–H and O–H groups in total. The Balaban J connectivity index is 1.25. The fourth-order valence-electron chi connectivity index (χ4n) is 9.07. The maximum Gasteiger partial charge on any atom is 0.0714 e. The van der Waals surface area contributed by atoms with Crippen molar-refractivity contribution >= 4 is 70.1 Å². The quantitative estimate of drug-likeness (QED) is 0.162. The van der Waals surface area contributed by atoms with Gasteiger partial charge in [-0.2, -0.15) is 0 Å². The van der Waals surface area contributed by atoms with Crippen molar-refractivity contribution in [2.24, 2.45) is 0 Å². The van der Waals surface area contributed by atoms with Gasteiger partial charge in [-0.1, -0.05) is 158 Å². The van der Waals surface area contributed by atoms with Crippen LogP contribution < -0.4 is 4.90 Å². The Morgan fingerprint density at radius 1 is 0.358 bits per heavy atom. The van der Waals surface area contributed by atoms with Gasteiger partial charge in [-0.3, -0.25) is 0 Å². The highest BCUT2D eigenvalue weighted by Gasteiger charge is 2.46. The number of fused-ring (bicyclic) bond motifs is 9. The summed E-state index contributed by atoms with van der Waals surface area (Å²) in [4.78, 5) is 2.50. The van der Waals surface area contributed by atoms with E-state index in [0.717, 1.165) is 11.4 Å². The normalized spacial score (nSPS) is 13.1. The van der Waals surface area contributed by atoms with Crippen molar-refractivity contribution in [2.45, 2.75) is 5.41 Å². The summed E-state index contributed by atoms with van der Waals surface area (Å²) in [6.07, 6.45) is 0. The summed E-state index contributed by atoms with van der Waals surface area (Å²) < 4.78 is 2.61. The molecule has 248 valence electrons. The Labute approximate surface area is 312 Å². The number of rotatable bonds is 5. The number of anilines is 3. The molecule has 0 fully saturated rings. The molecule has 0 saturated carbocycles. The van der Waals surface area contributed by atoms with Crippen molar-refractivity contribution in [1.82, 2.24) is 0 Å². The zero-order chi connectivity index (χ0) is 34.9. The summed E-state index contributed by atoms with van der Waals surface area (Å²) in [5.74, 6) is 0. The average Bonchev–Trinajstić information content (AvgIpc) is 3.75. The van der Waals surface area contributed by atoms with Gasteiger partial charge in [0.05, 0.1) is 11.1 Å². The summed E-state index contributed by atoms with van der Waals surface area (Å²) >= 11 is 1.86. The van der Waals surface area contributed by atoms with Crippen LogP contribution in [-0.4, -0.2) is 0 Å². The van der Waals surface area contributed by atoms with Crippen molar-refractivity contribution < 1.29 is 0 Å². The fourth-order valence-corrected chi connectivity index (χ4v) is 10.2. The van der Waals surface area contributed by atoms with Crippen LogP contribution in [0.4, 0.5) is 17.1 Å². The van der Waals surface area contributed by atoms with E-state index in [9.17, 15) is 0 Å². The molecule has 0 radical (unpaired) electrons. The first-order valence-corrected chi connectivity index (χ1v) is 19.1. The minimum absolute atomic E-state index is 0.491. The smallest absolute Gasteiger partial charge is 0.0714 e. The van der Waals surface area contributed by atoms with Crippen LogP contribution in [0, 0.1) is 0 Å². The van der Waals surface area contributed by atoms with Crippen LogP contribution in [0.25, 0.3) is 52.8 Å². The second kappa shape index (κ2) is 11.8. The molecule has 0 bridgehead atoms. The van der Waals surface area contributed by atoms with Crippen LogP contribution in [0.2, 0.25) is 0 Å². The molecule has 1 heterocycles. The number of nitrogens with zero attached hydrogens (tertiary/aromatic N) is 1. The minimum Gasteiger partial charge on any atom is -0.310 e. The van der Waals surface area contributed by atoms with E-state index in [1.165, 1.54) is 80.8 Å². The summed E-state index contributed by atoms with van der Waals surface area (Å²) in [6.45, 7) is 0. The molecule has 0 unspecified atom stereocenters.